The van der Waals surface area contributed by atoms with E-state index in [9.17, 15) is 13.2 Å². The van der Waals surface area contributed by atoms with Gasteiger partial charge in [-0.2, -0.15) is 8.42 Å². The summed E-state index contributed by atoms with van der Waals surface area (Å²) in [6.45, 7) is 1.02. The van der Waals surface area contributed by atoms with Gasteiger partial charge in [-0.3, -0.25) is 4.79 Å². The Bertz CT molecular complexity index is 1360. The predicted molar refractivity (Wildman–Crippen MR) is 138 cm³/mol. The van der Waals surface area contributed by atoms with E-state index in [0.717, 1.165) is 11.1 Å². The number of carbonyl (C=O) groups is 1. The molecule has 4 rings (SSSR count). The molecule has 0 saturated carbocycles. The van der Waals surface area contributed by atoms with Crippen molar-refractivity contribution in [2.45, 2.75) is 24.0 Å². The minimum absolute atomic E-state index is 0.0544. The number of hydrogen-bond acceptors (Lipinski definition) is 6. The fraction of sp³-hybridized carbons (Fsp3) is 0.138. The number of rotatable bonds is 11. The molecule has 0 aliphatic rings. The molecular formula is C29H27NO5S. The largest absolute Gasteiger partial charge is 0.460 e. The first-order valence-corrected chi connectivity index (χ1v) is 13.0. The van der Waals surface area contributed by atoms with Crippen molar-refractivity contribution in [3.8, 4) is 5.75 Å². The van der Waals surface area contributed by atoms with E-state index >= 15 is 0 Å². The second kappa shape index (κ2) is 12.2. The summed E-state index contributed by atoms with van der Waals surface area (Å²) >= 11 is 0. The zero-order valence-corrected chi connectivity index (χ0v) is 20.4. The Hall–Kier alpha value is -3.94. The van der Waals surface area contributed by atoms with Crippen molar-refractivity contribution in [1.82, 2.24) is 5.32 Å². The highest BCUT2D eigenvalue weighted by Crippen LogP contribution is 2.25. The third-order valence-electron chi connectivity index (χ3n) is 5.53. The molecule has 0 amide bonds. The minimum Gasteiger partial charge on any atom is -0.460 e. The zero-order valence-electron chi connectivity index (χ0n) is 19.6. The molecule has 1 atom stereocenters. The average molecular weight is 502 g/mol. The van der Waals surface area contributed by atoms with Crippen molar-refractivity contribution in [3.05, 3.63) is 132 Å². The Morgan fingerprint density at radius 2 is 1.36 bits per heavy atom. The fourth-order valence-electron chi connectivity index (χ4n) is 3.67. The van der Waals surface area contributed by atoms with Gasteiger partial charge in [-0.05, 0) is 41.0 Å². The summed E-state index contributed by atoms with van der Waals surface area (Å²) in [5.74, 6) is -0.955. The summed E-state index contributed by atoms with van der Waals surface area (Å²) in [5.41, 5.74) is 2.56. The normalized spacial score (nSPS) is 12.0. The van der Waals surface area contributed by atoms with Crippen LogP contribution in [0.5, 0.6) is 5.75 Å². The topological polar surface area (TPSA) is 81.7 Å². The van der Waals surface area contributed by atoms with Gasteiger partial charge in [0.25, 0.3) is 0 Å². The fourth-order valence-corrected chi connectivity index (χ4v) is 4.61. The van der Waals surface area contributed by atoms with Crippen molar-refractivity contribution in [1.29, 1.82) is 0 Å². The van der Waals surface area contributed by atoms with Crippen LogP contribution in [-0.4, -0.2) is 20.9 Å². The molecule has 4 aromatic rings. The van der Waals surface area contributed by atoms with Crippen LogP contribution in [0.1, 0.15) is 22.6 Å². The Labute approximate surface area is 211 Å². The van der Waals surface area contributed by atoms with Crippen LogP contribution in [-0.2, 0) is 32.8 Å². The van der Waals surface area contributed by atoms with Gasteiger partial charge in [-0.15, -0.1) is 0 Å². The highest BCUT2D eigenvalue weighted by atomic mass is 32.2. The summed E-state index contributed by atoms with van der Waals surface area (Å²) < 4.78 is 36.3. The van der Waals surface area contributed by atoms with Crippen LogP contribution in [0.15, 0.2) is 120 Å². The van der Waals surface area contributed by atoms with Gasteiger partial charge in [0.15, 0.2) is 0 Å². The van der Waals surface area contributed by atoms with E-state index in [1.807, 2.05) is 60.7 Å². The van der Waals surface area contributed by atoms with Crippen LogP contribution in [0, 0.1) is 0 Å². The van der Waals surface area contributed by atoms with Gasteiger partial charge >= 0.3 is 16.1 Å². The molecule has 1 unspecified atom stereocenters. The summed E-state index contributed by atoms with van der Waals surface area (Å²) in [5, 5.41) is 3.31. The number of esters is 1. The maximum absolute atomic E-state index is 13.2. The molecule has 0 spiro atoms. The molecule has 4 aromatic carbocycles. The molecule has 0 fully saturated rings. The van der Waals surface area contributed by atoms with Gasteiger partial charge < -0.3 is 14.2 Å². The highest BCUT2D eigenvalue weighted by Gasteiger charge is 2.24. The van der Waals surface area contributed by atoms with E-state index in [1.54, 1.807) is 42.5 Å². The van der Waals surface area contributed by atoms with Crippen LogP contribution in [0.2, 0.25) is 0 Å². The van der Waals surface area contributed by atoms with Gasteiger partial charge in [0.05, 0.1) is 5.92 Å². The van der Waals surface area contributed by atoms with Crippen LogP contribution < -0.4 is 9.50 Å². The Balaban J connectivity index is 1.51. The van der Waals surface area contributed by atoms with Crippen molar-refractivity contribution in [2.75, 3.05) is 6.54 Å². The number of nitrogens with one attached hydrogen (secondary N) is 1. The first kappa shape index (κ1) is 25.2. The number of carbonyl (C=O) groups excluding carboxylic acids is 1. The lowest BCUT2D eigenvalue weighted by atomic mass is 9.98. The van der Waals surface area contributed by atoms with E-state index in [2.05, 4.69) is 5.32 Å². The molecule has 6 nitrogen and oxygen atoms in total. The van der Waals surface area contributed by atoms with Gasteiger partial charge in [-0.25, -0.2) is 0 Å². The molecule has 0 radical (unpaired) electrons. The molecule has 36 heavy (non-hydrogen) atoms. The van der Waals surface area contributed by atoms with Gasteiger partial charge in [0, 0.05) is 13.1 Å². The van der Waals surface area contributed by atoms with E-state index in [0.29, 0.717) is 18.7 Å². The molecule has 1 N–H and O–H groups in total. The third-order valence-corrected chi connectivity index (χ3v) is 6.79. The molecule has 0 aromatic heterocycles. The standard InChI is InChI=1S/C29H27NO5S/c31-29(34-22-24-13-6-2-7-14-24)28(21-30-20-23-11-4-1-5-12-23)25-15-10-16-26(19-25)35-36(32,33)27-17-8-3-9-18-27/h1-19,28,30H,20-22H2. The van der Waals surface area contributed by atoms with Crippen LogP contribution in [0.25, 0.3) is 0 Å². The van der Waals surface area contributed by atoms with Crippen molar-refractivity contribution in [3.63, 3.8) is 0 Å². The first-order chi connectivity index (χ1) is 17.5. The summed E-state index contributed by atoms with van der Waals surface area (Å²) in [7, 11) is -4.01. The quantitative estimate of drug-likeness (QED) is 0.228. The second-order valence-electron chi connectivity index (χ2n) is 8.19. The maximum atomic E-state index is 13.2. The Kier molecular flexibility index (Phi) is 8.49. The lowest BCUT2D eigenvalue weighted by Crippen LogP contribution is -2.28. The third kappa shape index (κ3) is 7.04. The monoisotopic (exact) mass is 501 g/mol. The van der Waals surface area contributed by atoms with E-state index in [4.69, 9.17) is 8.92 Å². The van der Waals surface area contributed by atoms with Crippen molar-refractivity contribution in [2.24, 2.45) is 0 Å². The lowest BCUT2D eigenvalue weighted by molar-refractivity contribution is -0.146. The first-order valence-electron chi connectivity index (χ1n) is 11.6. The maximum Gasteiger partial charge on any atom is 0.339 e. The molecule has 0 saturated heterocycles. The predicted octanol–water partition coefficient (Wildman–Crippen LogP) is 5.07. The minimum atomic E-state index is -4.01. The SMILES string of the molecule is O=C(OCc1ccccc1)C(CNCc1ccccc1)c1cccc(OS(=O)(=O)c2ccccc2)c1. The highest BCUT2D eigenvalue weighted by molar-refractivity contribution is 7.87. The molecular weight excluding hydrogens is 474 g/mol. The van der Waals surface area contributed by atoms with Crippen LogP contribution in [0.4, 0.5) is 0 Å². The lowest BCUT2D eigenvalue weighted by Gasteiger charge is -2.18. The zero-order chi connectivity index (χ0) is 25.2. The number of ether oxygens (including phenoxy) is 1. The molecule has 0 bridgehead atoms. The van der Waals surface area contributed by atoms with Gasteiger partial charge in [-0.1, -0.05) is 91.0 Å². The number of benzene rings is 4. The van der Waals surface area contributed by atoms with Gasteiger partial charge in [0.1, 0.15) is 17.3 Å². The van der Waals surface area contributed by atoms with Gasteiger partial charge in [0.2, 0.25) is 0 Å². The van der Waals surface area contributed by atoms with Crippen molar-refractivity contribution >= 4 is 16.1 Å². The smallest absolute Gasteiger partial charge is 0.339 e. The Morgan fingerprint density at radius 3 is 2.03 bits per heavy atom. The summed E-state index contributed by atoms with van der Waals surface area (Å²) in [6.07, 6.45) is 0. The van der Waals surface area contributed by atoms with Crippen LogP contribution >= 0.6 is 0 Å². The average Bonchev–Trinajstić information content (AvgIpc) is 2.91. The Morgan fingerprint density at radius 1 is 0.750 bits per heavy atom. The molecule has 7 heteroatoms. The van der Waals surface area contributed by atoms with Crippen molar-refractivity contribution < 1.29 is 22.1 Å². The molecule has 184 valence electrons. The molecule has 0 heterocycles. The summed E-state index contributed by atoms with van der Waals surface area (Å²) in [4.78, 5) is 13.2. The second-order valence-corrected chi connectivity index (χ2v) is 9.73. The summed E-state index contributed by atoms with van der Waals surface area (Å²) in [6, 6.07) is 33.8. The van der Waals surface area contributed by atoms with E-state index in [-0.39, 0.29) is 17.3 Å². The molecule has 0 aliphatic carbocycles. The van der Waals surface area contributed by atoms with E-state index < -0.39 is 22.0 Å². The molecule has 0 aliphatic heterocycles. The number of hydrogen-bond donors (Lipinski definition) is 1. The van der Waals surface area contributed by atoms with Crippen LogP contribution in [0.3, 0.4) is 0 Å². The van der Waals surface area contributed by atoms with E-state index in [1.165, 1.54) is 12.1 Å².